The van der Waals surface area contributed by atoms with Gasteiger partial charge in [-0.1, -0.05) is 0 Å². The molecule has 2 aliphatic rings. The molecule has 13 heavy (non-hydrogen) atoms. The number of cyclic esters (lactones) is 2. The standard InChI is InChI=1S/C8H5NO4/c10-7-4-5(8(11)13-7)12-6(9-4)3-1-2-3/h3H,1-2H2. The lowest BCUT2D eigenvalue weighted by Crippen LogP contribution is -2.00. The van der Waals surface area contributed by atoms with Crippen molar-refractivity contribution in [2.75, 3.05) is 0 Å². The summed E-state index contributed by atoms with van der Waals surface area (Å²) in [5.74, 6) is -0.664. The Morgan fingerprint density at radius 1 is 1.23 bits per heavy atom. The fourth-order valence-corrected chi connectivity index (χ4v) is 1.30. The zero-order valence-corrected chi connectivity index (χ0v) is 6.57. The van der Waals surface area contributed by atoms with Gasteiger partial charge in [-0.3, -0.25) is 0 Å². The Kier molecular flexibility index (Phi) is 1.04. The first-order valence-electron chi connectivity index (χ1n) is 4.03. The lowest BCUT2D eigenvalue weighted by Gasteiger charge is -1.88. The van der Waals surface area contributed by atoms with Gasteiger partial charge in [0.15, 0.2) is 5.89 Å². The van der Waals surface area contributed by atoms with Gasteiger partial charge in [0, 0.05) is 5.92 Å². The molecule has 5 nitrogen and oxygen atoms in total. The highest BCUT2D eigenvalue weighted by molar-refractivity contribution is 6.11. The molecule has 5 heteroatoms. The Labute approximate surface area is 72.7 Å². The van der Waals surface area contributed by atoms with Crippen molar-refractivity contribution in [2.45, 2.75) is 18.8 Å². The van der Waals surface area contributed by atoms with Crippen molar-refractivity contribution in [3.8, 4) is 0 Å². The number of nitrogens with zero attached hydrogens (tertiary/aromatic N) is 1. The van der Waals surface area contributed by atoms with E-state index >= 15 is 0 Å². The van der Waals surface area contributed by atoms with E-state index in [9.17, 15) is 9.59 Å². The Bertz CT molecular complexity index is 384. The Morgan fingerprint density at radius 2 is 2.00 bits per heavy atom. The highest BCUT2D eigenvalue weighted by atomic mass is 16.6. The summed E-state index contributed by atoms with van der Waals surface area (Å²) in [4.78, 5) is 25.8. The molecule has 1 aromatic rings. The van der Waals surface area contributed by atoms with Crippen LogP contribution >= 0.6 is 0 Å². The lowest BCUT2D eigenvalue weighted by atomic mass is 10.4. The zero-order chi connectivity index (χ0) is 9.00. The molecule has 0 amide bonds. The molecule has 0 radical (unpaired) electrons. The molecule has 1 aliphatic heterocycles. The number of oxazole rings is 1. The van der Waals surface area contributed by atoms with Crippen LogP contribution in [0.5, 0.6) is 0 Å². The van der Waals surface area contributed by atoms with Gasteiger partial charge in [-0.15, -0.1) is 0 Å². The van der Waals surface area contributed by atoms with Gasteiger partial charge >= 0.3 is 11.9 Å². The normalized spacial score (nSPS) is 20.3. The first-order chi connectivity index (χ1) is 6.25. The monoisotopic (exact) mass is 179 g/mol. The molecule has 0 spiro atoms. The molecule has 2 heterocycles. The Morgan fingerprint density at radius 3 is 2.62 bits per heavy atom. The number of carbonyl (C=O) groups is 2. The third-order valence-electron chi connectivity index (χ3n) is 2.13. The fraction of sp³-hybridized carbons (Fsp3) is 0.375. The molecule has 0 saturated heterocycles. The summed E-state index contributed by atoms with van der Waals surface area (Å²) in [6, 6.07) is 0. The van der Waals surface area contributed by atoms with Gasteiger partial charge in [0.25, 0.3) is 0 Å². The number of ether oxygens (including phenoxy) is 1. The van der Waals surface area contributed by atoms with Crippen LogP contribution in [-0.4, -0.2) is 16.9 Å². The minimum absolute atomic E-state index is 0.0342. The Hall–Kier alpha value is -1.65. The van der Waals surface area contributed by atoms with Crippen molar-refractivity contribution < 1.29 is 18.7 Å². The maximum Gasteiger partial charge on any atom is 0.384 e. The minimum atomic E-state index is -0.723. The van der Waals surface area contributed by atoms with E-state index in [1.807, 2.05) is 0 Å². The highest BCUT2D eigenvalue weighted by Crippen LogP contribution is 2.40. The summed E-state index contributed by atoms with van der Waals surface area (Å²) in [5, 5.41) is 0. The second-order valence-electron chi connectivity index (χ2n) is 3.18. The van der Waals surface area contributed by atoms with Gasteiger partial charge in [0.05, 0.1) is 0 Å². The first kappa shape index (κ1) is 6.82. The van der Waals surface area contributed by atoms with Crippen LogP contribution in [0.25, 0.3) is 0 Å². The predicted octanol–water partition coefficient (Wildman–Crippen LogP) is 0.863. The summed E-state index contributed by atoms with van der Waals surface area (Å²) in [7, 11) is 0. The fourth-order valence-electron chi connectivity index (χ4n) is 1.30. The van der Waals surface area contributed by atoms with E-state index < -0.39 is 11.9 Å². The molecule has 0 N–H and O–H groups in total. The topological polar surface area (TPSA) is 69.4 Å². The number of hydrogen-bond acceptors (Lipinski definition) is 5. The van der Waals surface area contributed by atoms with E-state index in [2.05, 4.69) is 9.72 Å². The molecule has 0 unspecified atom stereocenters. The van der Waals surface area contributed by atoms with E-state index in [4.69, 9.17) is 4.42 Å². The minimum Gasteiger partial charge on any atom is -0.432 e. The van der Waals surface area contributed by atoms with Gasteiger partial charge in [0.1, 0.15) is 0 Å². The van der Waals surface area contributed by atoms with Crippen LogP contribution in [0.4, 0.5) is 0 Å². The van der Waals surface area contributed by atoms with Crippen LogP contribution in [0.2, 0.25) is 0 Å². The maximum atomic E-state index is 11.0. The summed E-state index contributed by atoms with van der Waals surface area (Å²) in [5.41, 5.74) is 0.0342. The van der Waals surface area contributed by atoms with E-state index in [0.29, 0.717) is 11.8 Å². The largest absolute Gasteiger partial charge is 0.432 e. The number of hydrogen-bond donors (Lipinski definition) is 0. The van der Waals surface area contributed by atoms with Crippen molar-refractivity contribution in [3.63, 3.8) is 0 Å². The van der Waals surface area contributed by atoms with Gasteiger partial charge in [-0.2, -0.15) is 0 Å². The SMILES string of the molecule is O=C1OC(=O)c2oc(C3CC3)nc21. The number of carbonyl (C=O) groups excluding carboxylic acids is 2. The molecule has 1 fully saturated rings. The summed E-state index contributed by atoms with van der Waals surface area (Å²) in [6.45, 7) is 0. The molecule has 0 bridgehead atoms. The van der Waals surface area contributed by atoms with Crippen molar-refractivity contribution in [1.82, 2.24) is 4.98 Å². The number of esters is 2. The summed E-state index contributed by atoms with van der Waals surface area (Å²) >= 11 is 0. The van der Waals surface area contributed by atoms with E-state index in [1.165, 1.54) is 0 Å². The molecule has 1 aromatic heterocycles. The quantitative estimate of drug-likeness (QED) is 0.472. The van der Waals surface area contributed by atoms with Gasteiger partial charge in [0.2, 0.25) is 11.5 Å². The van der Waals surface area contributed by atoms with E-state index in [-0.39, 0.29) is 11.5 Å². The average Bonchev–Trinajstić information content (AvgIpc) is 2.78. The van der Waals surface area contributed by atoms with Gasteiger partial charge in [-0.05, 0) is 12.8 Å². The third kappa shape index (κ3) is 0.838. The second-order valence-corrected chi connectivity index (χ2v) is 3.18. The second kappa shape index (κ2) is 1.99. The zero-order valence-electron chi connectivity index (χ0n) is 6.57. The molecule has 0 aromatic carbocycles. The van der Waals surface area contributed by atoms with Crippen molar-refractivity contribution in [3.05, 3.63) is 17.3 Å². The number of rotatable bonds is 1. The van der Waals surface area contributed by atoms with Crippen LogP contribution in [0, 0.1) is 0 Å². The molecule has 3 rings (SSSR count). The van der Waals surface area contributed by atoms with Crippen LogP contribution in [0.3, 0.4) is 0 Å². The summed E-state index contributed by atoms with van der Waals surface area (Å²) in [6.07, 6.45) is 2.03. The third-order valence-corrected chi connectivity index (χ3v) is 2.13. The van der Waals surface area contributed by atoms with Gasteiger partial charge < -0.3 is 9.15 Å². The average molecular weight is 179 g/mol. The molecule has 1 aliphatic carbocycles. The smallest absolute Gasteiger partial charge is 0.384 e. The Balaban J connectivity index is 2.12. The van der Waals surface area contributed by atoms with E-state index in [0.717, 1.165) is 12.8 Å². The maximum absolute atomic E-state index is 11.0. The first-order valence-corrected chi connectivity index (χ1v) is 4.03. The van der Waals surface area contributed by atoms with Crippen LogP contribution in [0.1, 0.15) is 45.7 Å². The van der Waals surface area contributed by atoms with Crippen molar-refractivity contribution >= 4 is 11.9 Å². The van der Waals surface area contributed by atoms with Crippen LogP contribution in [0.15, 0.2) is 4.42 Å². The van der Waals surface area contributed by atoms with Gasteiger partial charge in [-0.25, -0.2) is 14.6 Å². The van der Waals surface area contributed by atoms with Crippen molar-refractivity contribution in [1.29, 1.82) is 0 Å². The predicted molar refractivity (Wildman–Crippen MR) is 38.2 cm³/mol. The number of aromatic nitrogens is 1. The van der Waals surface area contributed by atoms with Crippen molar-refractivity contribution in [2.24, 2.45) is 0 Å². The lowest BCUT2D eigenvalue weighted by molar-refractivity contribution is 0.0423. The number of fused-ring (bicyclic) bond motifs is 1. The summed E-state index contributed by atoms with van der Waals surface area (Å²) < 4.78 is 9.42. The van der Waals surface area contributed by atoms with E-state index in [1.54, 1.807) is 0 Å². The molecule has 1 saturated carbocycles. The molecule has 0 atom stereocenters. The highest BCUT2D eigenvalue weighted by Gasteiger charge is 2.40. The molecular weight excluding hydrogens is 174 g/mol. The molecule has 66 valence electrons. The van der Waals surface area contributed by atoms with Crippen LogP contribution < -0.4 is 0 Å². The molecular formula is C8H5NO4. The van der Waals surface area contributed by atoms with Crippen LogP contribution in [-0.2, 0) is 4.74 Å².